The lowest BCUT2D eigenvalue weighted by Crippen LogP contribution is -2.49. The maximum Gasteiger partial charge on any atom is 0.318 e. The van der Waals surface area contributed by atoms with Crippen molar-refractivity contribution >= 4 is 39.8 Å². The Hall–Kier alpha value is -3.57. The van der Waals surface area contributed by atoms with Crippen LogP contribution in [0.4, 0.5) is 24.7 Å². The first-order valence-electron chi connectivity index (χ1n) is 15.7. The van der Waals surface area contributed by atoms with Crippen molar-refractivity contribution in [2.75, 3.05) is 68.9 Å². The second-order valence-corrected chi connectivity index (χ2v) is 12.7. The Morgan fingerprint density at radius 1 is 1.00 bits per heavy atom. The number of carbonyl (C=O) groups is 1. The van der Waals surface area contributed by atoms with Gasteiger partial charge in [0.05, 0.1) is 22.8 Å². The maximum atomic E-state index is 14.6. The van der Waals surface area contributed by atoms with Crippen molar-refractivity contribution < 1.29 is 22.7 Å². The van der Waals surface area contributed by atoms with Gasteiger partial charge in [-0.15, -0.1) is 0 Å². The van der Waals surface area contributed by atoms with E-state index in [2.05, 4.69) is 14.7 Å². The van der Waals surface area contributed by atoms with Gasteiger partial charge in [0.2, 0.25) is 0 Å². The van der Waals surface area contributed by atoms with Crippen molar-refractivity contribution in [3.05, 3.63) is 64.3 Å². The molecule has 0 unspecified atom stereocenters. The molecule has 1 amide bonds. The molecule has 3 aromatic rings. The minimum atomic E-state index is -1.07. The predicted molar refractivity (Wildman–Crippen MR) is 168 cm³/mol. The number of nitrogens with zero attached hydrogens (tertiary/aromatic N) is 6. The first-order chi connectivity index (χ1) is 21.9. The molecule has 2 aromatic carbocycles. The second-order valence-electron chi connectivity index (χ2n) is 12.4. The zero-order chi connectivity index (χ0) is 31.1. The van der Waals surface area contributed by atoms with Crippen molar-refractivity contribution in [3.63, 3.8) is 0 Å². The number of ether oxygens (including phenoxy) is 1. The normalized spacial score (nSPS) is 20.1. The van der Waals surface area contributed by atoms with E-state index >= 15 is 0 Å². The summed E-state index contributed by atoms with van der Waals surface area (Å²) in [6.45, 7) is 4.23. The lowest BCUT2D eigenvalue weighted by Gasteiger charge is -2.38. The summed E-state index contributed by atoms with van der Waals surface area (Å²) in [5.41, 5.74) is 2.69. The van der Waals surface area contributed by atoms with Crippen molar-refractivity contribution in [2.45, 2.75) is 44.2 Å². The molecule has 45 heavy (non-hydrogen) atoms. The highest BCUT2D eigenvalue weighted by atomic mass is 35.5. The van der Waals surface area contributed by atoms with Crippen LogP contribution in [0.3, 0.4) is 0 Å². The Kier molecular flexibility index (Phi) is 8.24. The molecule has 0 aliphatic carbocycles. The molecule has 1 aromatic heterocycles. The molecule has 3 saturated heterocycles. The summed E-state index contributed by atoms with van der Waals surface area (Å²) in [6, 6.07) is 9.27. The molecule has 0 atom stereocenters. The molecule has 4 aliphatic rings. The lowest BCUT2D eigenvalue weighted by atomic mass is 9.95. The summed E-state index contributed by atoms with van der Waals surface area (Å²) in [7, 11) is 0. The van der Waals surface area contributed by atoms with Gasteiger partial charge in [-0.1, -0.05) is 29.8 Å². The molecule has 0 spiro atoms. The Balaban J connectivity index is 1.19. The van der Waals surface area contributed by atoms with E-state index in [0.29, 0.717) is 56.7 Å². The van der Waals surface area contributed by atoms with Gasteiger partial charge in [-0.25, -0.2) is 13.2 Å². The molecule has 238 valence electrons. The molecule has 12 heteroatoms. The van der Waals surface area contributed by atoms with Gasteiger partial charge in [0.15, 0.2) is 5.83 Å². The molecule has 5 heterocycles. The van der Waals surface area contributed by atoms with Crippen LogP contribution in [-0.2, 0) is 17.8 Å². The van der Waals surface area contributed by atoms with Crippen LogP contribution in [0.2, 0.25) is 5.02 Å². The molecule has 0 N–H and O–H groups in total. The molecule has 0 saturated carbocycles. The number of allylic oxidation sites excluding steroid dienone is 1. The van der Waals surface area contributed by atoms with E-state index in [0.717, 1.165) is 66.9 Å². The SMILES string of the molecule is O=C(/C(F)=C/CF)N1CCN(c2nc(OCC34CCCN3CCC4)nc3c2CCN(c2cccc4ccc(F)c(Cl)c24)C3)CC1. The van der Waals surface area contributed by atoms with Gasteiger partial charge in [-0.2, -0.15) is 9.97 Å². The third kappa shape index (κ3) is 5.58. The summed E-state index contributed by atoms with van der Waals surface area (Å²) in [6.07, 6.45) is 5.82. The van der Waals surface area contributed by atoms with E-state index in [1.54, 1.807) is 6.07 Å². The van der Waals surface area contributed by atoms with Gasteiger partial charge in [0.25, 0.3) is 5.91 Å². The van der Waals surface area contributed by atoms with Crippen LogP contribution in [0, 0.1) is 5.82 Å². The van der Waals surface area contributed by atoms with Crippen LogP contribution >= 0.6 is 11.6 Å². The number of carbonyl (C=O) groups excluding carboxylic acids is 1. The average molecular weight is 641 g/mol. The maximum absolute atomic E-state index is 14.6. The van der Waals surface area contributed by atoms with Crippen molar-refractivity contribution in [1.82, 2.24) is 19.8 Å². The molecular formula is C33H36ClF3N6O2. The van der Waals surface area contributed by atoms with E-state index in [1.165, 1.54) is 11.0 Å². The van der Waals surface area contributed by atoms with Gasteiger partial charge in [0, 0.05) is 49.4 Å². The smallest absolute Gasteiger partial charge is 0.318 e. The zero-order valence-corrected chi connectivity index (χ0v) is 25.8. The monoisotopic (exact) mass is 640 g/mol. The number of hydrogen-bond acceptors (Lipinski definition) is 7. The topological polar surface area (TPSA) is 65.0 Å². The first kappa shape index (κ1) is 30.1. The van der Waals surface area contributed by atoms with Crippen LogP contribution in [0.5, 0.6) is 6.01 Å². The quantitative estimate of drug-likeness (QED) is 0.318. The van der Waals surface area contributed by atoms with Crippen LogP contribution < -0.4 is 14.5 Å². The molecule has 4 aliphatic heterocycles. The highest BCUT2D eigenvalue weighted by Crippen LogP contribution is 2.40. The molecular weight excluding hydrogens is 605 g/mol. The lowest BCUT2D eigenvalue weighted by molar-refractivity contribution is -0.129. The first-order valence-corrected chi connectivity index (χ1v) is 16.1. The number of halogens is 4. The Bertz CT molecular complexity index is 1640. The fourth-order valence-corrected chi connectivity index (χ4v) is 7.83. The van der Waals surface area contributed by atoms with E-state index in [-0.39, 0.29) is 23.7 Å². The second kappa shape index (κ2) is 12.3. The van der Waals surface area contributed by atoms with Crippen LogP contribution in [0.25, 0.3) is 10.8 Å². The van der Waals surface area contributed by atoms with Crippen molar-refractivity contribution in [3.8, 4) is 6.01 Å². The largest absolute Gasteiger partial charge is 0.461 e. The summed E-state index contributed by atoms with van der Waals surface area (Å²) in [5.74, 6) is -1.56. The fraction of sp³-hybridized carbons (Fsp3) is 0.485. The molecule has 7 rings (SSSR count). The number of alkyl halides is 1. The number of anilines is 2. The molecule has 0 bridgehead atoms. The van der Waals surface area contributed by atoms with Crippen molar-refractivity contribution in [2.24, 2.45) is 0 Å². The van der Waals surface area contributed by atoms with E-state index < -0.39 is 24.2 Å². The minimum Gasteiger partial charge on any atom is -0.461 e. The molecule has 8 nitrogen and oxygen atoms in total. The van der Waals surface area contributed by atoms with Gasteiger partial charge >= 0.3 is 6.01 Å². The molecule has 0 radical (unpaired) electrons. The highest BCUT2D eigenvalue weighted by Gasteiger charge is 2.45. The van der Waals surface area contributed by atoms with E-state index in [1.807, 2.05) is 18.2 Å². The summed E-state index contributed by atoms with van der Waals surface area (Å²) in [4.78, 5) is 30.5. The van der Waals surface area contributed by atoms with Gasteiger partial charge < -0.3 is 19.4 Å². The molecule has 3 fully saturated rings. The van der Waals surface area contributed by atoms with Crippen molar-refractivity contribution in [1.29, 1.82) is 0 Å². The number of benzene rings is 2. The Morgan fingerprint density at radius 3 is 2.53 bits per heavy atom. The third-order valence-electron chi connectivity index (χ3n) is 9.88. The van der Waals surface area contributed by atoms with Gasteiger partial charge in [0.1, 0.15) is 24.9 Å². The number of amides is 1. The van der Waals surface area contributed by atoms with E-state index in [4.69, 9.17) is 26.3 Å². The summed E-state index contributed by atoms with van der Waals surface area (Å²) < 4.78 is 47.6. The van der Waals surface area contributed by atoms with Crippen LogP contribution in [0.1, 0.15) is 36.9 Å². The average Bonchev–Trinajstić information content (AvgIpc) is 3.65. The number of rotatable bonds is 7. The highest BCUT2D eigenvalue weighted by molar-refractivity contribution is 6.36. The fourth-order valence-electron chi connectivity index (χ4n) is 7.56. The third-order valence-corrected chi connectivity index (χ3v) is 10.3. The summed E-state index contributed by atoms with van der Waals surface area (Å²) in [5, 5.41) is 1.63. The number of hydrogen-bond donors (Lipinski definition) is 0. The zero-order valence-electron chi connectivity index (χ0n) is 25.1. The van der Waals surface area contributed by atoms with Crippen LogP contribution in [0.15, 0.2) is 42.2 Å². The van der Waals surface area contributed by atoms with Gasteiger partial charge in [-0.3, -0.25) is 9.69 Å². The predicted octanol–water partition coefficient (Wildman–Crippen LogP) is 5.46. The van der Waals surface area contributed by atoms with E-state index in [9.17, 15) is 18.0 Å². The van der Waals surface area contributed by atoms with Crippen LogP contribution in [-0.4, -0.2) is 90.3 Å². The minimum absolute atomic E-state index is 0.0262. The van der Waals surface area contributed by atoms with Gasteiger partial charge in [-0.05, 0) is 68.8 Å². The summed E-state index contributed by atoms with van der Waals surface area (Å²) >= 11 is 6.49. The Labute approximate surface area is 265 Å². The standard InChI is InChI=1S/C33H36ClF3N6O2/c34-29-24(36)7-6-22-4-1-5-27(28(22)29)42-15-9-23-26(20-42)38-32(45-21-33-10-2-13-43(33)14-3-11-33)39-30(23)40-16-18-41(19-17-40)31(44)25(37)8-12-35/h1,4-8H,2-3,9-21H2/b25-8-. The number of fused-ring (bicyclic) bond motifs is 3. The number of piperazine rings is 1. The number of aromatic nitrogens is 2. The Morgan fingerprint density at radius 2 is 1.78 bits per heavy atom.